The molecule has 1 saturated heterocycles. The summed E-state index contributed by atoms with van der Waals surface area (Å²) in [5.41, 5.74) is 2.09. The van der Waals surface area contributed by atoms with Crippen molar-refractivity contribution in [1.29, 1.82) is 0 Å². The predicted molar refractivity (Wildman–Crippen MR) is 126 cm³/mol. The highest BCUT2D eigenvalue weighted by molar-refractivity contribution is 14.0. The third-order valence-electron chi connectivity index (χ3n) is 4.94. The van der Waals surface area contributed by atoms with Crippen molar-refractivity contribution in [3.05, 3.63) is 66.5 Å². The van der Waals surface area contributed by atoms with Gasteiger partial charge in [-0.15, -0.1) is 24.0 Å². The summed E-state index contributed by atoms with van der Waals surface area (Å²) in [4.78, 5) is 28.5. The number of aromatic amines is 1. The number of piperazine rings is 1. The molecule has 3 heterocycles. The van der Waals surface area contributed by atoms with Gasteiger partial charge < -0.3 is 24.5 Å². The number of carbonyl (C=O) groups is 1. The molecule has 0 saturated carbocycles. The number of nitrogens with zero attached hydrogens (tertiary/aromatic N) is 4. The fourth-order valence-electron chi connectivity index (χ4n) is 3.39. The molecule has 3 aromatic rings. The Labute approximate surface area is 192 Å². The van der Waals surface area contributed by atoms with Crippen molar-refractivity contribution in [2.45, 2.75) is 6.54 Å². The van der Waals surface area contributed by atoms with Crippen LogP contribution in [0.3, 0.4) is 0 Å². The maximum Gasteiger partial charge on any atom is 0.289 e. The van der Waals surface area contributed by atoms with E-state index >= 15 is 0 Å². The molecule has 158 valence electrons. The Morgan fingerprint density at radius 2 is 1.87 bits per heavy atom. The van der Waals surface area contributed by atoms with Gasteiger partial charge in [0.2, 0.25) is 0 Å². The number of carbonyl (C=O) groups excluding carboxylic acids is 1. The molecule has 1 amide bonds. The fourth-order valence-corrected chi connectivity index (χ4v) is 3.39. The van der Waals surface area contributed by atoms with Crippen LogP contribution in [0.15, 0.2) is 64.3 Å². The molecule has 0 radical (unpaired) electrons. The first kappa shape index (κ1) is 21.9. The zero-order chi connectivity index (χ0) is 20.1. The summed E-state index contributed by atoms with van der Waals surface area (Å²) in [5.74, 6) is 1.96. The first-order valence-electron chi connectivity index (χ1n) is 9.62. The van der Waals surface area contributed by atoms with Crippen molar-refractivity contribution in [2.24, 2.45) is 4.99 Å². The van der Waals surface area contributed by atoms with Gasteiger partial charge >= 0.3 is 0 Å². The maximum absolute atomic E-state index is 12.4. The van der Waals surface area contributed by atoms with Crippen molar-refractivity contribution in [3.8, 4) is 11.3 Å². The minimum Gasteiger partial charge on any atom is -0.459 e. The first-order chi connectivity index (χ1) is 14.2. The molecule has 1 aliphatic heterocycles. The van der Waals surface area contributed by atoms with E-state index in [9.17, 15) is 4.79 Å². The van der Waals surface area contributed by atoms with E-state index in [1.165, 1.54) is 6.26 Å². The maximum atomic E-state index is 12.4. The van der Waals surface area contributed by atoms with Crippen molar-refractivity contribution < 1.29 is 9.21 Å². The van der Waals surface area contributed by atoms with Crippen LogP contribution < -0.4 is 5.32 Å². The molecule has 1 aliphatic rings. The van der Waals surface area contributed by atoms with Gasteiger partial charge in [-0.2, -0.15) is 0 Å². The van der Waals surface area contributed by atoms with E-state index in [1.807, 2.05) is 36.5 Å². The Kier molecular flexibility index (Phi) is 7.50. The van der Waals surface area contributed by atoms with Crippen LogP contribution in [-0.4, -0.2) is 64.9 Å². The largest absolute Gasteiger partial charge is 0.459 e. The number of nitrogens with one attached hydrogen (secondary N) is 2. The van der Waals surface area contributed by atoms with Crippen LogP contribution in [-0.2, 0) is 6.54 Å². The SMILES string of the molecule is CN=C(NCc1ncc(-c2ccccc2)[nH]1)N1CCN(C(=O)c2ccco2)CC1.I. The number of H-pyrrole nitrogens is 1. The van der Waals surface area contributed by atoms with Gasteiger partial charge in [0.25, 0.3) is 5.91 Å². The molecule has 2 aromatic heterocycles. The van der Waals surface area contributed by atoms with E-state index < -0.39 is 0 Å². The van der Waals surface area contributed by atoms with Gasteiger partial charge in [-0.3, -0.25) is 9.79 Å². The van der Waals surface area contributed by atoms with Gasteiger partial charge in [-0.1, -0.05) is 30.3 Å². The summed E-state index contributed by atoms with van der Waals surface area (Å²) in [5, 5.41) is 3.35. The third-order valence-corrected chi connectivity index (χ3v) is 4.94. The zero-order valence-electron chi connectivity index (χ0n) is 16.7. The highest BCUT2D eigenvalue weighted by atomic mass is 127. The number of aliphatic imine (C=N–C) groups is 1. The van der Waals surface area contributed by atoms with E-state index in [-0.39, 0.29) is 29.9 Å². The molecular formula is C21H25IN6O2. The Morgan fingerprint density at radius 1 is 1.13 bits per heavy atom. The molecule has 1 aromatic carbocycles. The number of benzene rings is 1. The molecule has 8 nitrogen and oxygen atoms in total. The van der Waals surface area contributed by atoms with Crippen LogP contribution in [0, 0.1) is 0 Å². The van der Waals surface area contributed by atoms with Crippen LogP contribution >= 0.6 is 24.0 Å². The average Bonchev–Trinajstić information content (AvgIpc) is 3.47. The number of halogens is 1. The minimum atomic E-state index is -0.0679. The van der Waals surface area contributed by atoms with Crippen LogP contribution in [0.1, 0.15) is 16.4 Å². The molecule has 0 aliphatic carbocycles. The van der Waals surface area contributed by atoms with Crippen molar-refractivity contribution in [2.75, 3.05) is 33.2 Å². The van der Waals surface area contributed by atoms with Crippen LogP contribution in [0.2, 0.25) is 0 Å². The summed E-state index contributed by atoms with van der Waals surface area (Å²) in [7, 11) is 1.76. The molecule has 2 N–H and O–H groups in total. The van der Waals surface area contributed by atoms with Crippen molar-refractivity contribution >= 4 is 35.8 Å². The smallest absolute Gasteiger partial charge is 0.289 e. The van der Waals surface area contributed by atoms with Gasteiger partial charge in [0, 0.05) is 33.2 Å². The summed E-state index contributed by atoms with van der Waals surface area (Å²) in [6.07, 6.45) is 3.36. The molecular weight excluding hydrogens is 495 g/mol. The number of rotatable bonds is 4. The fraction of sp³-hybridized carbons (Fsp3) is 0.286. The number of amides is 1. The lowest BCUT2D eigenvalue weighted by atomic mass is 10.2. The molecule has 9 heteroatoms. The second-order valence-corrected chi connectivity index (χ2v) is 6.77. The minimum absolute atomic E-state index is 0. The summed E-state index contributed by atoms with van der Waals surface area (Å²) in [6.45, 7) is 3.21. The third kappa shape index (κ3) is 5.02. The monoisotopic (exact) mass is 520 g/mol. The first-order valence-corrected chi connectivity index (χ1v) is 9.62. The second-order valence-electron chi connectivity index (χ2n) is 6.77. The normalized spacial score (nSPS) is 14.4. The van der Waals surface area contributed by atoms with E-state index in [1.54, 1.807) is 24.1 Å². The number of imidazole rings is 1. The predicted octanol–water partition coefficient (Wildman–Crippen LogP) is 2.82. The van der Waals surface area contributed by atoms with Crippen LogP contribution in [0.25, 0.3) is 11.3 Å². The average molecular weight is 520 g/mol. The van der Waals surface area contributed by atoms with E-state index in [4.69, 9.17) is 4.42 Å². The number of furan rings is 1. The molecule has 1 fully saturated rings. The van der Waals surface area contributed by atoms with Gasteiger partial charge in [0.15, 0.2) is 11.7 Å². The van der Waals surface area contributed by atoms with E-state index in [0.717, 1.165) is 23.0 Å². The molecule has 0 spiro atoms. The lowest BCUT2D eigenvalue weighted by Gasteiger charge is -2.36. The number of hydrogen-bond donors (Lipinski definition) is 2. The van der Waals surface area contributed by atoms with E-state index in [2.05, 4.69) is 25.2 Å². The Balaban J connectivity index is 0.00000256. The highest BCUT2D eigenvalue weighted by Gasteiger charge is 2.25. The lowest BCUT2D eigenvalue weighted by molar-refractivity contribution is 0.0657. The molecule has 4 rings (SSSR count). The zero-order valence-corrected chi connectivity index (χ0v) is 19.1. The quantitative estimate of drug-likeness (QED) is 0.314. The summed E-state index contributed by atoms with van der Waals surface area (Å²) in [6, 6.07) is 13.5. The van der Waals surface area contributed by atoms with Crippen LogP contribution in [0.4, 0.5) is 0 Å². The van der Waals surface area contributed by atoms with Gasteiger partial charge in [-0.25, -0.2) is 4.98 Å². The van der Waals surface area contributed by atoms with Gasteiger partial charge in [-0.05, 0) is 17.7 Å². The molecule has 0 atom stereocenters. The van der Waals surface area contributed by atoms with Gasteiger partial charge in [0.05, 0.1) is 24.7 Å². The Morgan fingerprint density at radius 3 is 2.53 bits per heavy atom. The highest BCUT2D eigenvalue weighted by Crippen LogP contribution is 2.16. The number of guanidine groups is 1. The second kappa shape index (κ2) is 10.3. The lowest BCUT2D eigenvalue weighted by Crippen LogP contribution is -2.53. The van der Waals surface area contributed by atoms with Crippen LogP contribution in [0.5, 0.6) is 0 Å². The van der Waals surface area contributed by atoms with Crippen molar-refractivity contribution in [3.63, 3.8) is 0 Å². The molecule has 0 unspecified atom stereocenters. The van der Waals surface area contributed by atoms with Gasteiger partial charge in [0.1, 0.15) is 5.82 Å². The molecule has 30 heavy (non-hydrogen) atoms. The Hall–Kier alpha value is -2.82. The summed E-state index contributed by atoms with van der Waals surface area (Å²) >= 11 is 0. The number of aromatic nitrogens is 2. The Bertz CT molecular complexity index is 963. The molecule has 0 bridgehead atoms. The summed E-state index contributed by atoms with van der Waals surface area (Å²) < 4.78 is 5.21. The topological polar surface area (TPSA) is 89.8 Å². The van der Waals surface area contributed by atoms with E-state index in [0.29, 0.717) is 38.5 Å². The van der Waals surface area contributed by atoms with Crippen molar-refractivity contribution in [1.82, 2.24) is 25.1 Å². The number of hydrogen-bond acceptors (Lipinski definition) is 4. The standard InChI is InChI=1S/C21H24N6O2.HI/c1-22-21(24-15-19-23-14-17(25-19)16-6-3-2-4-7-16)27-11-9-26(10-12-27)20(28)18-8-5-13-29-18;/h2-8,13-14H,9-12,15H2,1H3,(H,22,24)(H,23,25);1H.